The largest absolute Gasteiger partial charge is 0.390 e. The molecule has 2 heterocycles. The van der Waals surface area contributed by atoms with Crippen molar-refractivity contribution in [2.45, 2.75) is 12.5 Å². The Morgan fingerprint density at radius 3 is 3.12 bits per heavy atom. The van der Waals surface area contributed by atoms with Gasteiger partial charge in [0.1, 0.15) is 0 Å². The van der Waals surface area contributed by atoms with Gasteiger partial charge in [-0.25, -0.2) is 0 Å². The molecule has 0 amide bonds. The van der Waals surface area contributed by atoms with Crippen LogP contribution >= 0.6 is 27.3 Å². The summed E-state index contributed by atoms with van der Waals surface area (Å²) >= 11 is 4.89. The van der Waals surface area contributed by atoms with Crippen LogP contribution in [0.3, 0.4) is 0 Å². The topological polar surface area (TPSA) is 68.4 Å². The summed E-state index contributed by atoms with van der Waals surface area (Å²) in [5.74, 6) is 0.953. The van der Waals surface area contributed by atoms with Gasteiger partial charge >= 0.3 is 0 Å². The van der Waals surface area contributed by atoms with Crippen molar-refractivity contribution in [3.8, 4) is 10.7 Å². The third-order valence-electron chi connectivity index (χ3n) is 2.03. The lowest BCUT2D eigenvalue weighted by molar-refractivity contribution is 0.0599. The van der Waals surface area contributed by atoms with Gasteiger partial charge in [-0.3, -0.25) is 0 Å². The van der Waals surface area contributed by atoms with Crippen molar-refractivity contribution in [2.24, 2.45) is 0 Å². The Morgan fingerprint density at radius 2 is 2.47 bits per heavy atom. The Bertz CT molecular complexity index is 485. The Labute approximate surface area is 111 Å². The summed E-state index contributed by atoms with van der Waals surface area (Å²) in [6, 6.07) is 1.92. The number of thiophene rings is 1. The third kappa shape index (κ3) is 3.35. The van der Waals surface area contributed by atoms with E-state index < -0.39 is 6.10 Å². The minimum Gasteiger partial charge on any atom is -0.390 e. The van der Waals surface area contributed by atoms with E-state index in [2.05, 4.69) is 26.1 Å². The molecule has 7 heteroatoms. The predicted octanol–water partition coefficient (Wildman–Crippen LogP) is 2.11. The fraction of sp³-hybridized carbons (Fsp3) is 0.400. The molecular weight excluding hydrogens is 308 g/mol. The first-order valence-electron chi connectivity index (χ1n) is 4.93. The van der Waals surface area contributed by atoms with Crippen molar-refractivity contribution in [1.82, 2.24) is 10.1 Å². The maximum Gasteiger partial charge on any atom is 0.229 e. The Balaban J connectivity index is 2.05. The second kappa shape index (κ2) is 5.72. The van der Waals surface area contributed by atoms with Gasteiger partial charge in [0.2, 0.25) is 11.7 Å². The number of aromatic nitrogens is 2. The molecule has 0 aliphatic heterocycles. The molecule has 0 bridgehead atoms. The zero-order valence-corrected chi connectivity index (χ0v) is 11.5. The summed E-state index contributed by atoms with van der Waals surface area (Å²) in [6.45, 7) is 0.252. The van der Waals surface area contributed by atoms with Gasteiger partial charge in [0.05, 0.1) is 24.0 Å². The van der Waals surface area contributed by atoms with E-state index in [-0.39, 0.29) is 6.61 Å². The van der Waals surface area contributed by atoms with E-state index in [0.717, 1.165) is 9.35 Å². The van der Waals surface area contributed by atoms with Crippen LogP contribution in [0.4, 0.5) is 0 Å². The molecule has 0 aliphatic rings. The van der Waals surface area contributed by atoms with Crippen molar-refractivity contribution in [3.05, 3.63) is 21.8 Å². The first-order valence-corrected chi connectivity index (χ1v) is 6.60. The zero-order chi connectivity index (χ0) is 12.3. The molecule has 0 radical (unpaired) electrons. The first kappa shape index (κ1) is 12.7. The molecule has 1 N–H and O–H groups in total. The van der Waals surface area contributed by atoms with Crippen LogP contribution in [0.1, 0.15) is 5.89 Å². The highest BCUT2D eigenvalue weighted by Gasteiger charge is 2.14. The van der Waals surface area contributed by atoms with Gasteiger partial charge in [-0.1, -0.05) is 5.16 Å². The molecule has 0 saturated carbocycles. The molecular formula is C10H11BrN2O3S. The molecule has 0 aromatic carbocycles. The van der Waals surface area contributed by atoms with Crippen LogP contribution in [-0.2, 0) is 11.2 Å². The molecule has 0 fully saturated rings. The number of nitrogens with zero attached hydrogens (tertiary/aromatic N) is 2. The molecule has 0 aliphatic carbocycles. The highest BCUT2D eigenvalue weighted by atomic mass is 79.9. The molecule has 0 saturated heterocycles. The number of halogens is 1. The SMILES string of the molecule is COCC(O)Cc1nc(-c2cc(Br)cs2)no1. The van der Waals surface area contributed by atoms with E-state index in [1.807, 2.05) is 11.4 Å². The Morgan fingerprint density at radius 1 is 1.65 bits per heavy atom. The molecule has 5 nitrogen and oxygen atoms in total. The smallest absolute Gasteiger partial charge is 0.229 e. The van der Waals surface area contributed by atoms with E-state index >= 15 is 0 Å². The quantitative estimate of drug-likeness (QED) is 0.914. The summed E-state index contributed by atoms with van der Waals surface area (Å²) in [7, 11) is 1.53. The molecule has 2 aromatic heterocycles. The van der Waals surface area contributed by atoms with Gasteiger partial charge in [-0.15, -0.1) is 11.3 Å². The van der Waals surface area contributed by atoms with Crippen LogP contribution < -0.4 is 0 Å². The van der Waals surface area contributed by atoms with Crippen LogP contribution in [0, 0.1) is 0 Å². The number of aliphatic hydroxyl groups is 1. The highest BCUT2D eigenvalue weighted by molar-refractivity contribution is 9.10. The van der Waals surface area contributed by atoms with Gasteiger partial charge in [0.25, 0.3) is 0 Å². The van der Waals surface area contributed by atoms with Crippen LogP contribution in [-0.4, -0.2) is 35.1 Å². The van der Waals surface area contributed by atoms with Crippen LogP contribution in [0.15, 0.2) is 20.4 Å². The maximum absolute atomic E-state index is 9.53. The Kier molecular flexibility index (Phi) is 4.27. The zero-order valence-electron chi connectivity index (χ0n) is 9.09. The predicted molar refractivity (Wildman–Crippen MR) is 66.9 cm³/mol. The Hall–Kier alpha value is -0.760. The van der Waals surface area contributed by atoms with Crippen LogP contribution in [0.5, 0.6) is 0 Å². The fourth-order valence-electron chi connectivity index (χ4n) is 1.32. The molecule has 17 heavy (non-hydrogen) atoms. The van der Waals surface area contributed by atoms with Crippen molar-refractivity contribution < 1.29 is 14.4 Å². The fourth-order valence-corrected chi connectivity index (χ4v) is 2.67. The number of hydrogen-bond donors (Lipinski definition) is 1. The summed E-state index contributed by atoms with van der Waals surface area (Å²) in [6.07, 6.45) is -0.323. The van der Waals surface area contributed by atoms with E-state index in [1.54, 1.807) is 0 Å². The monoisotopic (exact) mass is 318 g/mol. The van der Waals surface area contributed by atoms with Crippen molar-refractivity contribution in [3.63, 3.8) is 0 Å². The van der Waals surface area contributed by atoms with E-state index in [4.69, 9.17) is 9.26 Å². The first-order chi connectivity index (χ1) is 8.19. The maximum atomic E-state index is 9.53. The van der Waals surface area contributed by atoms with Gasteiger partial charge < -0.3 is 14.4 Å². The summed E-state index contributed by atoms with van der Waals surface area (Å²) in [5.41, 5.74) is 0. The van der Waals surface area contributed by atoms with Crippen LogP contribution in [0.2, 0.25) is 0 Å². The van der Waals surface area contributed by atoms with E-state index in [1.165, 1.54) is 18.4 Å². The average molecular weight is 319 g/mol. The summed E-state index contributed by atoms with van der Waals surface area (Å²) < 4.78 is 10.9. The lowest BCUT2D eigenvalue weighted by atomic mass is 10.3. The number of methoxy groups -OCH3 is 1. The number of hydrogen-bond acceptors (Lipinski definition) is 6. The second-order valence-electron chi connectivity index (χ2n) is 3.45. The standard InChI is InChI=1S/C10H11BrN2O3S/c1-15-4-7(14)3-9-12-10(13-16-9)8-2-6(11)5-17-8/h2,5,7,14H,3-4H2,1H3. The number of rotatable bonds is 5. The van der Waals surface area contributed by atoms with Gasteiger partial charge in [0, 0.05) is 17.0 Å². The minimum atomic E-state index is -0.622. The number of aliphatic hydroxyl groups excluding tert-OH is 1. The molecule has 1 unspecified atom stereocenters. The number of ether oxygens (including phenoxy) is 1. The highest BCUT2D eigenvalue weighted by Crippen LogP contribution is 2.27. The van der Waals surface area contributed by atoms with Crippen molar-refractivity contribution in [1.29, 1.82) is 0 Å². The average Bonchev–Trinajstić information content (AvgIpc) is 2.87. The molecule has 0 spiro atoms. The van der Waals surface area contributed by atoms with Gasteiger partial charge in [-0.05, 0) is 22.0 Å². The molecule has 2 aromatic rings. The van der Waals surface area contributed by atoms with Crippen molar-refractivity contribution in [2.75, 3.05) is 13.7 Å². The third-order valence-corrected chi connectivity index (χ3v) is 3.71. The van der Waals surface area contributed by atoms with Crippen LogP contribution in [0.25, 0.3) is 10.7 Å². The summed E-state index contributed by atoms with van der Waals surface area (Å²) in [5, 5.41) is 15.3. The molecule has 2 rings (SSSR count). The lowest BCUT2D eigenvalue weighted by Gasteiger charge is -2.04. The van der Waals surface area contributed by atoms with Gasteiger partial charge in [-0.2, -0.15) is 4.98 Å². The molecule has 1 atom stereocenters. The second-order valence-corrected chi connectivity index (χ2v) is 5.28. The minimum absolute atomic E-state index is 0.252. The van der Waals surface area contributed by atoms with Gasteiger partial charge in [0.15, 0.2) is 0 Å². The van der Waals surface area contributed by atoms with E-state index in [9.17, 15) is 5.11 Å². The summed E-state index contributed by atoms with van der Waals surface area (Å²) in [4.78, 5) is 5.14. The van der Waals surface area contributed by atoms with E-state index in [0.29, 0.717) is 18.1 Å². The van der Waals surface area contributed by atoms with Crippen molar-refractivity contribution >= 4 is 27.3 Å². The lowest BCUT2D eigenvalue weighted by Crippen LogP contribution is -2.17. The normalized spacial score (nSPS) is 12.9. The molecule has 92 valence electrons.